The molecule has 0 atom stereocenters. The Kier molecular flexibility index (Phi) is 6.90. The van der Waals surface area contributed by atoms with E-state index in [1.807, 2.05) is 0 Å². The maximum Gasteiger partial charge on any atom is 0.321 e. The molecule has 2 amide bonds. The lowest BCUT2D eigenvalue weighted by atomic mass is 9.94. The first-order valence-electron chi connectivity index (χ1n) is 11.8. The minimum Gasteiger partial charge on any atom is -0.334 e. The second kappa shape index (κ2) is 9.86. The molecular weight excluding hydrogens is 544 g/mol. The van der Waals surface area contributed by atoms with Crippen LogP contribution in [-0.2, 0) is 15.4 Å². The number of nitrogens with one attached hydrogen (secondary N) is 1. The van der Waals surface area contributed by atoms with E-state index in [-0.39, 0.29) is 49.4 Å². The van der Waals surface area contributed by atoms with Gasteiger partial charge < -0.3 is 14.7 Å². The van der Waals surface area contributed by atoms with Crippen LogP contribution in [0, 0.1) is 5.82 Å². The van der Waals surface area contributed by atoms with E-state index in [9.17, 15) is 17.6 Å². The zero-order valence-corrected chi connectivity index (χ0v) is 22.2. The Morgan fingerprint density at radius 1 is 1.14 bits per heavy atom. The van der Waals surface area contributed by atoms with Crippen molar-refractivity contribution in [2.75, 3.05) is 37.2 Å². The van der Waals surface area contributed by atoms with Crippen LogP contribution in [-0.4, -0.2) is 65.7 Å². The van der Waals surface area contributed by atoms with Crippen LogP contribution in [0.2, 0.25) is 10.0 Å². The number of rotatable bonds is 6. The number of sulfonamides is 1. The molecule has 0 bridgehead atoms. The summed E-state index contributed by atoms with van der Waals surface area (Å²) in [4.78, 5) is 18.8. The summed E-state index contributed by atoms with van der Waals surface area (Å²) in [5.74, 6) is -0.00100. The normalized spacial score (nSPS) is 17.6. The lowest BCUT2D eigenvalue weighted by Crippen LogP contribution is -2.51. The summed E-state index contributed by atoms with van der Waals surface area (Å²) >= 11 is 13.3. The molecule has 0 spiro atoms. The zero-order chi connectivity index (χ0) is 26.4. The number of benzene rings is 2. The van der Waals surface area contributed by atoms with Crippen molar-refractivity contribution in [2.24, 2.45) is 0 Å². The Morgan fingerprint density at radius 3 is 2.38 bits per heavy atom. The predicted octanol–water partition coefficient (Wildman–Crippen LogP) is 4.76. The highest BCUT2D eigenvalue weighted by Gasteiger charge is 2.52. The lowest BCUT2D eigenvalue weighted by Gasteiger charge is -2.33. The van der Waals surface area contributed by atoms with Crippen LogP contribution < -0.4 is 5.32 Å². The number of urea groups is 1. The highest BCUT2D eigenvalue weighted by molar-refractivity contribution is 7.89. The number of aromatic nitrogens is 2. The summed E-state index contributed by atoms with van der Waals surface area (Å²) in [6.45, 7) is 2.63. The molecule has 1 aliphatic carbocycles. The van der Waals surface area contributed by atoms with E-state index in [0.29, 0.717) is 40.0 Å². The molecule has 2 fully saturated rings. The van der Waals surface area contributed by atoms with Crippen molar-refractivity contribution in [3.63, 3.8) is 0 Å². The fraction of sp³-hybridized carbons (Fsp3) is 0.375. The molecule has 2 aliphatic rings. The minimum atomic E-state index is -3.29. The molecule has 3 aromatic rings. The number of anilines is 1. The van der Waals surface area contributed by atoms with Crippen molar-refractivity contribution < 1.29 is 22.1 Å². The number of nitrogens with zero attached hydrogens (tertiary/aromatic N) is 4. The van der Waals surface area contributed by atoms with E-state index in [1.54, 1.807) is 42.2 Å². The highest BCUT2D eigenvalue weighted by Crippen LogP contribution is 2.57. The van der Waals surface area contributed by atoms with Gasteiger partial charge >= 0.3 is 6.03 Å². The average Bonchev–Trinajstić information content (AvgIpc) is 3.50. The number of hydrogen-bond donors (Lipinski definition) is 1. The smallest absolute Gasteiger partial charge is 0.321 e. The van der Waals surface area contributed by atoms with Crippen molar-refractivity contribution in [3.05, 3.63) is 63.6 Å². The van der Waals surface area contributed by atoms with Gasteiger partial charge in [-0.05, 0) is 44.0 Å². The Bertz CT molecular complexity index is 1430. The number of hydrogen-bond acceptors (Lipinski definition) is 6. The van der Waals surface area contributed by atoms with E-state index < -0.39 is 21.3 Å². The molecule has 37 heavy (non-hydrogen) atoms. The number of halogens is 3. The monoisotopic (exact) mass is 567 g/mol. The van der Waals surface area contributed by atoms with Crippen molar-refractivity contribution >= 4 is 44.9 Å². The van der Waals surface area contributed by atoms with Gasteiger partial charge in [-0.15, -0.1) is 0 Å². The Labute approximate surface area is 223 Å². The Hall–Kier alpha value is -2.73. The molecule has 5 rings (SSSR count). The summed E-state index contributed by atoms with van der Waals surface area (Å²) in [6.07, 6.45) is 1.36. The number of piperazine rings is 1. The number of amides is 2. The van der Waals surface area contributed by atoms with Gasteiger partial charge in [-0.1, -0.05) is 40.5 Å². The lowest BCUT2D eigenvalue weighted by molar-refractivity contribution is 0.184. The fourth-order valence-electron chi connectivity index (χ4n) is 4.53. The summed E-state index contributed by atoms with van der Waals surface area (Å²) < 4.78 is 45.0. The second-order valence-electron chi connectivity index (χ2n) is 9.02. The maximum absolute atomic E-state index is 14.2. The van der Waals surface area contributed by atoms with Gasteiger partial charge in [-0.3, -0.25) is 0 Å². The summed E-state index contributed by atoms with van der Waals surface area (Å²) in [6, 6.07) is 8.99. The van der Waals surface area contributed by atoms with Crippen LogP contribution >= 0.6 is 23.2 Å². The molecule has 2 aromatic carbocycles. The molecule has 1 N–H and O–H groups in total. The fourth-order valence-corrected chi connectivity index (χ4v) is 6.46. The van der Waals surface area contributed by atoms with Crippen LogP contribution in [0.5, 0.6) is 0 Å². The Balaban J connectivity index is 1.32. The van der Waals surface area contributed by atoms with Crippen molar-refractivity contribution in [3.8, 4) is 11.5 Å². The average molecular weight is 568 g/mol. The van der Waals surface area contributed by atoms with Crippen molar-refractivity contribution in [2.45, 2.75) is 25.2 Å². The van der Waals surface area contributed by atoms with Crippen molar-refractivity contribution in [1.82, 2.24) is 19.3 Å². The molecular formula is C24H24Cl2FN5O4S. The summed E-state index contributed by atoms with van der Waals surface area (Å²) in [5.41, 5.74) is 0.571. The molecule has 13 heteroatoms. The van der Waals surface area contributed by atoms with Gasteiger partial charge in [0.05, 0.1) is 16.7 Å². The van der Waals surface area contributed by atoms with E-state index in [4.69, 9.17) is 27.7 Å². The predicted molar refractivity (Wildman–Crippen MR) is 138 cm³/mol. The topological polar surface area (TPSA) is 109 Å². The maximum atomic E-state index is 14.2. The van der Waals surface area contributed by atoms with Gasteiger partial charge in [-0.2, -0.15) is 9.29 Å². The molecule has 196 valence electrons. The summed E-state index contributed by atoms with van der Waals surface area (Å²) in [5, 5.41) is 7.54. The molecule has 1 saturated carbocycles. The third-order valence-corrected chi connectivity index (χ3v) is 9.24. The molecule has 1 aromatic heterocycles. The van der Waals surface area contributed by atoms with E-state index >= 15 is 0 Å². The van der Waals surface area contributed by atoms with Crippen LogP contribution in [0.25, 0.3) is 11.5 Å². The first-order valence-corrected chi connectivity index (χ1v) is 14.1. The molecule has 1 aliphatic heterocycles. The van der Waals surface area contributed by atoms with Gasteiger partial charge in [-0.25, -0.2) is 17.6 Å². The molecule has 1 saturated heterocycles. The first-order chi connectivity index (χ1) is 17.6. The molecule has 2 heterocycles. The molecule has 0 radical (unpaired) electrons. The van der Waals surface area contributed by atoms with Crippen LogP contribution in [0.4, 0.5) is 14.9 Å². The van der Waals surface area contributed by atoms with E-state index in [0.717, 1.165) is 0 Å². The number of carbonyl (C=O) groups excluding carboxylic acids is 1. The van der Waals surface area contributed by atoms with Gasteiger partial charge in [0, 0.05) is 47.5 Å². The van der Waals surface area contributed by atoms with Crippen LogP contribution in [0.1, 0.15) is 31.2 Å². The highest BCUT2D eigenvalue weighted by atomic mass is 35.5. The van der Waals surface area contributed by atoms with Gasteiger partial charge in [0.2, 0.25) is 10.0 Å². The van der Waals surface area contributed by atoms with Gasteiger partial charge in [0.15, 0.2) is 5.82 Å². The van der Waals surface area contributed by atoms with E-state index in [1.165, 1.54) is 10.4 Å². The minimum absolute atomic E-state index is 0.0261. The Morgan fingerprint density at radius 2 is 1.78 bits per heavy atom. The third kappa shape index (κ3) is 4.93. The van der Waals surface area contributed by atoms with Crippen LogP contribution in [0.15, 0.2) is 40.9 Å². The second-order valence-corrected chi connectivity index (χ2v) is 12.1. The number of carbonyl (C=O) groups is 1. The third-order valence-electron chi connectivity index (χ3n) is 6.76. The standard InChI is InChI=1S/C24H24Cl2FN5O4S/c1-2-37(34,35)32-11-9-31(10-12-32)23(33)28-15-13-17(25)20(18(26)14-15)24(7-8-24)22-29-21(36-30-22)16-5-3-4-6-19(16)27/h3-6,13-14H,2,7-12H2,1H3,(H,28,33). The van der Waals surface area contributed by atoms with Gasteiger partial charge in [0.25, 0.3) is 5.89 Å². The van der Waals surface area contributed by atoms with E-state index in [2.05, 4.69) is 15.5 Å². The van der Waals surface area contributed by atoms with Crippen molar-refractivity contribution in [1.29, 1.82) is 0 Å². The SMILES string of the molecule is CCS(=O)(=O)N1CCN(C(=O)Nc2cc(Cl)c(C3(c4noc(-c5ccccc5F)n4)CC3)c(Cl)c2)CC1. The van der Waals surface area contributed by atoms with Crippen LogP contribution in [0.3, 0.4) is 0 Å². The summed E-state index contributed by atoms with van der Waals surface area (Å²) in [7, 11) is -3.29. The molecule has 9 nitrogen and oxygen atoms in total. The van der Waals surface area contributed by atoms with Gasteiger partial charge in [0.1, 0.15) is 5.82 Å². The quantitative estimate of drug-likeness (QED) is 0.460. The zero-order valence-electron chi connectivity index (χ0n) is 19.9. The molecule has 0 unspecified atom stereocenters. The first kappa shape index (κ1) is 25.9. The largest absolute Gasteiger partial charge is 0.334 e.